The van der Waals surface area contributed by atoms with Gasteiger partial charge in [0.1, 0.15) is 12.4 Å². The zero-order valence-electron chi connectivity index (χ0n) is 22.6. The average Bonchev–Trinajstić information content (AvgIpc) is 3.29. The fourth-order valence-corrected chi connectivity index (χ4v) is 5.25. The number of aromatic amines is 1. The number of rotatable bonds is 23. The molecule has 2 atom stereocenters. The summed E-state index contributed by atoms with van der Waals surface area (Å²) in [6.45, 7) is 9.38. The molecule has 0 fully saturated rings. The van der Waals surface area contributed by atoms with Crippen molar-refractivity contribution in [3.63, 3.8) is 0 Å². The van der Waals surface area contributed by atoms with Crippen molar-refractivity contribution < 1.29 is 4.57 Å². The van der Waals surface area contributed by atoms with E-state index in [1.54, 1.807) is 0 Å². The third kappa shape index (κ3) is 13.7. The SMILES string of the molecule is CCCCCCCCCCCC(C)[n+]1cc[nH]c1C(CCC)CCCCCCCCCC. The molecule has 1 heterocycles. The van der Waals surface area contributed by atoms with E-state index < -0.39 is 0 Å². The van der Waals surface area contributed by atoms with Gasteiger partial charge < -0.3 is 0 Å². The number of hydrogen-bond acceptors (Lipinski definition) is 0. The quantitative estimate of drug-likeness (QED) is 0.127. The number of H-pyrrole nitrogens is 1. The van der Waals surface area contributed by atoms with E-state index in [0.29, 0.717) is 12.0 Å². The Kier molecular flexibility index (Phi) is 19.0. The number of hydrogen-bond donors (Lipinski definition) is 1. The molecule has 0 aliphatic rings. The Hall–Kier alpha value is -0.790. The van der Waals surface area contributed by atoms with Gasteiger partial charge in [0.05, 0.1) is 12.0 Å². The Labute approximate surface area is 202 Å². The molecule has 188 valence electrons. The van der Waals surface area contributed by atoms with Crippen LogP contribution in [0.3, 0.4) is 0 Å². The van der Waals surface area contributed by atoms with Crippen LogP contribution in [0.4, 0.5) is 0 Å². The Bertz CT molecular complexity index is 507. The van der Waals surface area contributed by atoms with Crippen LogP contribution >= 0.6 is 0 Å². The first-order valence-electron chi connectivity index (χ1n) is 14.8. The maximum Gasteiger partial charge on any atom is 0.257 e. The summed E-state index contributed by atoms with van der Waals surface area (Å²) in [5.41, 5.74) is 0. The highest BCUT2D eigenvalue weighted by Gasteiger charge is 2.24. The summed E-state index contributed by atoms with van der Waals surface area (Å²) < 4.78 is 2.58. The van der Waals surface area contributed by atoms with Gasteiger partial charge in [-0.3, -0.25) is 0 Å². The molecule has 0 aliphatic heterocycles. The van der Waals surface area contributed by atoms with Crippen LogP contribution in [0.25, 0.3) is 0 Å². The lowest BCUT2D eigenvalue weighted by Gasteiger charge is -2.16. The first-order valence-corrected chi connectivity index (χ1v) is 14.8. The summed E-state index contributed by atoms with van der Waals surface area (Å²) in [5.74, 6) is 2.21. The zero-order chi connectivity index (χ0) is 23.3. The fourth-order valence-electron chi connectivity index (χ4n) is 5.25. The van der Waals surface area contributed by atoms with Crippen molar-refractivity contribution in [3.05, 3.63) is 18.2 Å². The molecule has 0 saturated carbocycles. The van der Waals surface area contributed by atoms with Crippen molar-refractivity contribution in [2.24, 2.45) is 0 Å². The summed E-state index contributed by atoms with van der Waals surface area (Å²) in [4.78, 5) is 3.64. The Balaban J connectivity index is 2.30. The largest absolute Gasteiger partial charge is 0.257 e. The predicted molar refractivity (Wildman–Crippen MR) is 142 cm³/mol. The minimum absolute atomic E-state index is 0.624. The molecule has 2 heteroatoms. The summed E-state index contributed by atoms with van der Waals surface area (Å²) in [6.07, 6.45) is 33.9. The number of imidazole rings is 1. The topological polar surface area (TPSA) is 19.7 Å². The summed E-state index contributed by atoms with van der Waals surface area (Å²) in [7, 11) is 0. The Morgan fingerprint density at radius 2 is 1.06 bits per heavy atom. The molecule has 1 rings (SSSR count). The van der Waals surface area contributed by atoms with Gasteiger partial charge in [-0.2, -0.15) is 0 Å². The highest BCUT2D eigenvalue weighted by Crippen LogP contribution is 2.26. The smallest absolute Gasteiger partial charge is 0.247 e. The monoisotopic (exact) mass is 447 g/mol. The van der Waals surface area contributed by atoms with Gasteiger partial charge in [-0.05, 0) is 32.6 Å². The highest BCUT2D eigenvalue weighted by molar-refractivity contribution is 4.90. The van der Waals surface area contributed by atoms with Gasteiger partial charge in [0.2, 0.25) is 0 Å². The van der Waals surface area contributed by atoms with E-state index in [9.17, 15) is 0 Å². The standard InChI is InChI=1S/C30H58N2/c1-5-8-10-12-14-16-17-19-21-24-28(4)32-27-26-31-30(32)29(23-7-3)25-22-20-18-15-13-11-9-6-2/h26-29H,5-25H2,1-4H3/p+1. The van der Waals surface area contributed by atoms with Gasteiger partial charge in [-0.15, -0.1) is 0 Å². The van der Waals surface area contributed by atoms with Crippen LogP contribution in [0.1, 0.15) is 180 Å². The van der Waals surface area contributed by atoms with Crippen molar-refractivity contribution in [2.45, 2.75) is 174 Å². The summed E-state index contributed by atoms with van der Waals surface area (Å²) in [6, 6.07) is 0.624. The lowest BCUT2D eigenvalue weighted by Crippen LogP contribution is -2.41. The zero-order valence-corrected chi connectivity index (χ0v) is 22.6. The lowest BCUT2D eigenvalue weighted by atomic mass is 9.94. The van der Waals surface area contributed by atoms with Crippen LogP contribution in [0.2, 0.25) is 0 Å². The Morgan fingerprint density at radius 1 is 0.594 bits per heavy atom. The second-order valence-electron chi connectivity index (χ2n) is 10.5. The van der Waals surface area contributed by atoms with Gasteiger partial charge in [-0.1, -0.05) is 130 Å². The molecule has 2 nitrogen and oxygen atoms in total. The number of nitrogens with one attached hydrogen (secondary N) is 1. The molecule has 1 N–H and O–H groups in total. The molecule has 0 bridgehead atoms. The first kappa shape index (κ1) is 29.2. The third-order valence-electron chi connectivity index (χ3n) is 7.37. The van der Waals surface area contributed by atoms with Crippen LogP contribution in [-0.2, 0) is 0 Å². The predicted octanol–water partition coefficient (Wildman–Crippen LogP) is 10.2. The molecule has 0 aromatic carbocycles. The van der Waals surface area contributed by atoms with E-state index in [0.717, 1.165) is 0 Å². The van der Waals surface area contributed by atoms with Crippen LogP contribution in [0, 0.1) is 0 Å². The molecule has 0 amide bonds. The van der Waals surface area contributed by atoms with Crippen LogP contribution in [0.5, 0.6) is 0 Å². The minimum atomic E-state index is 0.624. The van der Waals surface area contributed by atoms with E-state index in [4.69, 9.17) is 0 Å². The maximum atomic E-state index is 3.64. The van der Waals surface area contributed by atoms with Crippen molar-refractivity contribution in [3.8, 4) is 0 Å². The van der Waals surface area contributed by atoms with Gasteiger partial charge >= 0.3 is 0 Å². The van der Waals surface area contributed by atoms with Gasteiger partial charge in [0.15, 0.2) is 0 Å². The van der Waals surface area contributed by atoms with Crippen molar-refractivity contribution in [2.75, 3.05) is 0 Å². The molecular formula is C30H59N2+. The van der Waals surface area contributed by atoms with Gasteiger partial charge in [0, 0.05) is 0 Å². The number of nitrogens with zero attached hydrogens (tertiary/aromatic N) is 1. The first-order chi connectivity index (χ1) is 15.7. The molecule has 2 unspecified atom stereocenters. The van der Waals surface area contributed by atoms with Crippen molar-refractivity contribution >= 4 is 0 Å². The minimum Gasteiger partial charge on any atom is -0.247 e. The van der Waals surface area contributed by atoms with E-state index in [-0.39, 0.29) is 0 Å². The van der Waals surface area contributed by atoms with E-state index >= 15 is 0 Å². The molecule has 1 aromatic rings. The third-order valence-corrected chi connectivity index (χ3v) is 7.37. The number of unbranched alkanes of at least 4 members (excludes halogenated alkanes) is 15. The van der Waals surface area contributed by atoms with Crippen LogP contribution < -0.4 is 4.57 Å². The normalized spacial score (nSPS) is 13.5. The maximum absolute atomic E-state index is 3.64. The van der Waals surface area contributed by atoms with E-state index in [1.807, 2.05) is 0 Å². The van der Waals surface area contributed by atoms with Crippen LogP contribution in [0.15, 0.2) is 12.4 Å². The van der Waals surface area contributed by atoms with Crippen molar-refractivity contribution in [1.29, 1.82) is 0 Å². The molecular weight excluding hydrogens is 388 g/mol. The molecule has 1 aromatic heterocycles. The second kappa shape index (κ2) is 20.8. The Morgan fingerprint density at radius 3 is 1.56 bits per heavy atom. The second-order valence-corrected chi connectivity index (χ2v) is 10.5. The average molecular weight is 448 g/mol. The van der Waals surface area contributed by atoms with Crippen LogP contribution in [-0.4, -0.2) is 4.98 Å². The molecule has 0 radical (unpaired) electrons. The summed E-state index contributed by atoms with van der Waals surface area (Å²) in [5, 5.41) is 0. The fraction of sp³-hybridized carbons (Fsp3) is 0.900. The molecule has 0 saturated heterocycles. The van der Waals surface area contributed by atoms with Gasteiger partial charge in [-0.25, -0.2) is 9.55 Å². The molecule has 32 heavy (non-hydrogen) atoms. The lowest BCUT2D eigenvalue weighted by molar-refractivity contribution is -0.727. The molecule has 0 aliphatic carbocycles. The number of aromatic nitrogens is 2. The van der Waals surface area contributed by atoms with E-state index in [2.05, 4.69) is 49.6 Å². The highest BCUT2D eigenvalue weighted by atomic mass is 15.1. The van der Waals surface area contributed by atoms with E-state index in [1.165, 1.54) is 141 Å². The van der Waals surface area contributed by atoms with Crippen molar-refractivity contribution in [1.82, 2.24) is 4.98 Å². The van der Waals surface area contributed by atoms with Gasteiger partial charge in [0.25, 0.3) is 5.82 Å². The summed E-state index contributed by atoms with van der Waals surface area (Å²) >= 11 is 0. The molecule has 0 spiro atoms.